The Hall–Kier alpha value is -3.89. The zero-order valence-electron chi connectivity index (χ0n) is 22.5. The summed E-state index contributed by atoms with van der Waals surface area (Å²) in [6.45, 7) is 2.93. The minimum Gasteiger partial charge on any atom is -0.482 e. The van der Waals surface area contributed by atoms with E-state index in [2.05, 4.69) is 9.97 Å². The Morgan fingerprint density at radius 1 is 1.05 bits per heavy atom. The van der Waals surface area contributed by atoms with E-state index in [0.29, 0.717) is 42.6 Å². The molecular weight excluding hydrogens is 554 g/mol. The SMILES string of the molecule is CC(C)(O)c1cccn(-c2ncc3c(c2F)-n2c(cc(OC4CCc5cc(F)cnc54)c(Cl)c2=O)CCCC3)c1=O. The van der Waals surface area contributed by atoms with Crippen LogP contribution in [0.2, 0.25) is 5.02 Å². The number of hydrogen-bond donors (Lipinski definition) is 1. The third kappa shape index (κ3) is 4.74. The van der Waals surface area contributed by atoms with Crippen LogP contribution >= 0.6 is 11.6 Å². The summed E-state index contributed by atoms with van der Waals surface area (Å²) >= 11 is 6.57. The number of aryl methyl sites for hydroxylation is 3. The smallest absolute Gasteiger partial charge is 0.278 e. The normalized spacial score (nSPS) is 16.4. The van der Waals surface area contributed by atoms with E-state index >= 15 is 4.39 Å². The molecule has 41 heavy (non-hydrogen) atoms. The number of ether oxygens (including phenoxy) is 1. The van der Waals surface area contributed by atoms with Gasteiger partial charge >= 0.3 is 0 Å². The molecule has 8 nitrogen and oxygen atoms in total. The number of halogens is 3. The Bertz CT molecular complexity index is 1810. The molecule has 4 aromatic heterocycles. The predicted octanol–water partition coefficient (Wildman–Crippen LogP) is 4.88. The summed E-state index contributed by atoms with van der Waals surface area (Å²) < 4.78 is 38.5. The number of nitrogens with zero attached hydrogens (tertiary/aromatic N) is 4. The Morgan fingerprint density at radius 3 is 2.61 bits per heavy atom. The summed E-state index contributed by atoms with van der Waals surface area (Å²) in [6.07, 6.45) is 6.96. The molecule has 11 heteroatoms. The van der Waals surface area contributed by atoms with Gasteiger partial charge in [0.2, 0.25) is 0 Å². The van der Waals surface area contributed by atoms with Gasteiger partial charge < -0.3 is 9.84 Å². The minimum absolute atomic E-state index is 0.0212. The van der Waals surface area contributed by atoms with Crippen molar-refractivity contribution in [2.45, 2.75) is 64.1 Å². The molecule has 0 saturated heterocycles. The summed E-state index contributed by atoms with van der Waals surface area (Å²) in [5, 5.41) is 10.2. The van der Waals surface area contributed by atoms with Crippen molar-refractivity contribution >= 4 is 11.6 Å². The maximum atomic E-state index is 16.4. The molecule has 0 saturated carbocycles. The van der Waals surface area contributed by atoms with Crippen molar-refractivity contribution < 1.29 is 18.6 Å². The van der Waals surface area contributed by atoms with E-state index in [1.54, 1.807) is 6.07 Å². The molecule has 0 bridgehead atoms. The average Bonchev–Trinajstić information content (AvgIpc) is 3.30. The molecule has 1 atom stereocenters. The van der Waals surface area contributed by atoms with Crippen molar-refractivity contribution in [1.82, 2.24) is 19.1 Å². The van der Waals surface area contributed by atoms with Crippen LogP contribution in [0.3, 0.4) is 0 Å². The van der Waals surface area contributed by atoms with Gasteiger partial charge in [0.1, 0.15) is 22.7 Å². The lowest BCUT2D eigenvalue weighted by atomic mass is 10.00. The first-order valence-corrected chi connectivity index (χ1v) is 13.8. The van der Waals surface area contributed by atoms with Crippen LogP contribution in [0, 0.1) is 11.6 Å². The van der Waals surface area contributed by atoms with Crippen LogP contribution in [0.25, 0.3) is 11.5 Å². The molecule has 0 spiro atoms. The van der Waals surface area contributed by atoms with Crippen molar-refractivity contribution in [3.05, 3.63) is 108 Å². The molecule has 5 heterocycles. The maximum absolute atomic E-state index is 16.4. The molecule has 6 rings (SSSR count). The highest BCUT2D eigenvalue weighted by atomic mass is 35.5. The van der Waals surface area contributed by atoms with Crippen LogP contribution < -0.4 is 15.9 Å². The molecule has 0 fully saturated rings. The minimum atomic E-state index is -1.46. The fourth-order valence-corrected chi connectivity index (χ4v) is 5.83. The number of aromatic nitrogens is 4. The Kier molecular flexibility index (Phi) is 6.78. The third-order valence-corrected chi connectivity index (χ3v) is 8.00. The predicted molar refractivity (Wildman–Crippen MR) is 148 cm³/mol. The summed E-state index contributed by atoms with van der Waals surface area (Å²) in [6, 6.07) is 6.06. The second-order valence-electron chi connectivity index (χ2n) is 10.9. The van der Waals surface area contributed by atoms with E-state index in [4.69, 9.17) is 16.3 Å². The van der Waals surface area contributed by atoms with Gasteiger partial charge in [-0.25, -0.2) is 13.8 Å². The van der Waals surface area contributed by atoms with Gasteiger partial charge in [0.25, 0.3) is 11.1 Å². The van der Waals surface area contributed by atoms with Crippen molar-refractivity contribution in [3.8, 4) is 17.3 Å². The lowest BCUT2D eigenvalue weighted by molar-refractivity contribution is 0.0767. The van der Waals surface area contributed by atoms with Crippen LogP contribution in [0.5, 0.6) is 5.75 Å². The number of aliphatic hydroxyl groups is 1. The molecule has 1 aliphatic heterocycles. The van der Waals surface area contributed by atoms with Crippen LogP contribution in [0.15, 0.2) is 52.4 Å². The maximum Gasteiger partial charge on any atom is 0.278 e. The van der Waals surface area contributed by atoms with Gasteiger partial charge in [-0.05, 0) is 81.7 Å². The Labute approximate surface area is 238 Å². The van der Waals surface area contributed by atoms with E-state index < -0.39 is 34.5 Å². The van der Waals surface area contributed by atoms with E-state index in [0.717, 1.165) is 29.2 Å². The quantitative estimate of drug-likeness (QED) is 0.369. The standard InChI is InChI=1S/C30H27ClF2N4O4/c1-30(2,40)20-8-5-11-36(28(20)38)27-24(33)26-17(14-35-27)6-3-4-7-19-13-22(23(31)29(39)37(19)26)41-21-10-9-16-12-18(32)15-34-25(16)21/h5,8,11-15,21,40H,3-4,6-7,9-10H2,1-2H3. The fourth-order valence-electron chi connectivity index (χ4n) is 5.65. The van der Waals surface area contributed by atoms with E-state index in [1.807, 2.05) is 0 Å². The highest BCUT2D eigenvalue weighted by Gasteiger charge is 2.30. The first-order valence-electron chi connectivity index (χ1n) is 13.4. The molecule has 2 aliphatic rings. The zero-order chi connectivity index (χ0) is 29.1. The van der Waals surface area contributed by atoms with Gasteiger partial charge in [-0.3, -0.25) is 23.7 Å². The summed E-state index contributed by atoms with van der Waals surface area (Å²) in [7, 11) is 0. The van der Waals surface area contributed by atoms with E-state index in [1.165, 1.54) is 49.0 Å². The van der Waals surface area contributed by atoms with Crippen molar-refractivity contribution in [2.24, 2.45) is 0 Å². The molecule has 212 valence electrons. The highest BCUT2D eigenvalue weighted by molar-refractivity contribution is 6.31. The lowest BCUT2D eigenvalue weighted by Crippen LogP contribution is -2.32. The van der Waals surface area contributed by atoms with Crippen LogP contribution in [-0.4, -0.2) is 24.2 Å². The van der Waals surface area contributed by atoms with Gasteiger partial charge in [0.15, 0.2) is 11.6 Å². The number of rotatable bonds is 4. The first kappa shape index (κ1) is 27.3. The summed E-state index contributed by atoms with van der Waals surface area (Å²) in [4.78, 5) is 35.4. The van der Waals surface area contributed by atoms with Gasteiger partial charge in [0.05, 0.1) is 23.2 Å². The van der Waals surface area contributed by atoms with Crippen molar-refractivity contribution in [2.75, 3.05) is 0 Å². The first-order chi connectivity index (χ1) is 19.5. The Balaban J connectivity index is 1.49. The second-order valence-corrected chi connectivity index (χ2v) is 11.3. The fraction of sp³-hybridized carbons (Fsp3) is 0.333. The summed E-state index contributed by atoms with van der Waals surface area (Å²) in [5.74, 6) is -1.43. The largest absolute Gasteiger partial charge is 0.482 e. The molecule has 1 aliphatic carbocycles. The van der Waals surface area contributed by atoms with E-state index in [-0.39, 0.29) is 27.8 Å². The highest BCUT2D eigenvalue weighted by Crippen LogP contribution is 2.37. The van der Waals surface area contributed by atoms with E-state index in [9.17, 15) is 19.1 Å². The molecular formula is C30H27ClF2N4O4. The van der Waals surface area contributed by atoms with Crippen LogP contribution in [0.4, 0.5) is 8.78 Å². The molecule has 0 radical (unpaired) electrons. The molecule has 4 aromatic rings. The summed E-state index contributed by atoms with van der Waals surface area (Å²) in [5.41, 5.74) is -0.367. The van der Waals surface area contributed by atoms with Crippen molar-refractivity contribution in [1.29, 1.82) is 0 Å². The molecule has 1 N–H and O–H groups in total. The topological polar surface area (TPSA) is 99.2 Å². The molecule has 1 unspecified atom stereocenters. The van der Waals surface area contributed by atoms with Gasteiger partial charge in [-0.15, -0.1) is 0 Å². The lowest BCUT2D eigenvalue weighted by Gasteiger charge is -2.24. The number of pyridine rings is 4. The monoisotopic (exact) mass is 580 g/mol. The number of fused-ring (bicyclic) bond motifs is 4. The van der Waals surface area contributed by atoms with Gasteiger partial charge in [-0.1, -0.05) is 11.6 Å². The van der Waals surface area contributed by atoms with Gasteiger partial charge in [-0.2, -0.15) is 0 Å². The number of hydrogen-bond acceptors (Lipinski definition) is 6. The molecule has 0 amide bonds. The average molecular weight is 581 g/mol. The zero-order valence-corrected chi connectivity index (χ0v) is 23.2. The van der Waals surface area contributed by atoms with Crippen LogP contribution in [0.1, 0.15) is 67.3 Å². The second kappa shape index (κ2) is 10.2. The third-order valence-electron chi connectivity index (χ3n) is 7.65. The van der Waals surface area contributed by atoms with Crippen molar-refractivity contribution in [3.63, 3.8) is 0 Å². The Morgan fingerprint density at radius 2 is 1.83 bits per heavy atom. The van der Waals surface area contributed by atoms with Gasteiger partial charge in [0, 0.05) is 29.7 Å². The molecule has 0 aromatic carbocycles. The van der Waals surface area contributed by atoms with Crippen LogP contribution in [-0.2, 0) is 24.9 Å².